The molecule has 2 N–H and O–H groups in total. The lowest BCUT2D eigenvalue weighted by Crippen LogP contribution is -2.33. The van der Waals surface area contributed by atoms with E-state index in [0.29, 0.717) is 28.8 Å². The van der Waals surface area contributed by atoms with Gasteiger partial charge in [0.25, 0.3) is 5.56 Å². The maximum atomic E-state index is 13.1. The molecule has 1 atom stereocenters. The van der Waals surface area contributed by atoms with Crippen LogP contribution in [0.5, 0.6) is 5.88 Å². The molecule has 0 aliphatic carbocycles. The Bertz CT molecular complexity index is 1320. The van der Waals surface area contributed by atoms with Crippen molar-refractivity contribution >= 4 is 17.7 Å². The van der Waals surface area contributed by atoms with Crippen molar-refractivity contribution in [1.82, 2.24) is 19.5 Å². The van der Waals surface area contributed by atoms with Crippen LogP contribution in [0.1, 0.15) is 58.7 Å². The first-order valence-corrected chi connectivity index (χ1v) is 13.4. The quantitative estimate of drug-likeness (QED) is 0.326. The van der Waals surface area contributed by atoms with Crippen molar-refractivity contribution in [2.45, 2.75) is 66.5 Å². The maximum Gasteiger partial charge on any atom is 0.326 e. The van der Waals surface area contributed by atoms with Crippen molar-refractivity contribution in [3.8, 4) is 17.0 Å². The van der Waals surface area contributed by atoms with E-state index in [0.717, 1.165) is 30.6 Å². The number of carbonyl (C=O) groups is 1. The number of anilines is 2. The Kier molecular flexibility index (Phi) is 10.0. The van der Waals surface area contributed by atoms with E-state index in [1.54, 1.807) is 22.9 Å². The molecule has 3 aromatic rings. The molecule has 0 radical (unpaired) electrons. The number of ether oxygens (including phenoxy) is 1. The molecule has 1 aromatic carbocycles. The molecule has 0 bridgehead atoms. The summed E-state index contributed by atoms with van der Waals surface area (Å²) >= 11 is 0. The molecule has 210 valence electrons. The molecule has 10 heteroatoms. The fraction of sp³-hybridized carbons (Fsp3) is 0.483. The van der Waals surface area contributed by atoms with Gasteiger partial charge in [0.2, 0.25) is 11.8 Å². The number of methoxy groups -OCH3 is 1. The van der Waals surface area contributed by atoms with E-state index in [-0.39, 0.29) is 23.9 Å². The highest BCUT2D eigenvalue weighted by molar-refractivity contribution is 5.78. The summed E-state index contributed by atoms with van der Waals surface area (Å²) in [6.07, 6.45) is 4.23. The van der Waals surface area contributed by atoms with Gasteiger partial charge in [0.15, 0.2) is 0 Å². The molecule has 0 unspecified atom stereocenters. The van der Waals surface area contributed by atoms with Crippen LogP contribution in [0.3, 0.4) is 0 Å². The summed E-state index contributed by atoms with van der Waals surface area (Å²) < 4.78 is 6.92. The Balaban J connectivity index is 1.91. The molecule has 0 amide bonds. The highest BCUT2D eigenvalue weighted by Crippen LogP contribution is 2.26. The Morgan fingerprint density at radius 3 is 2.28 bits per heavy atom. The van der Waals surface area contributed by atoms with Gasteiger partial charge in [-0.05, 0) is 51.2 Å². The topological polar surface area (TPSA) is 122 Å². The summed E-state index contributed by atoms with van der Waals surface area (Å²) in [5.41, 5.74) is 2.51. The van der Waals surface area contributed by atoms with E-state index < -0.39 is 12.0 Å². The van der Waals surface area contributed by atoms with E-state index in [9.17, 15) is 14.7 Å². The molecule has 2 aromatic heterocycles. The van der Waals surface area contributed by atoms with Crippen molar-refractivity contribution in [2.24, 2.45) is 5.92 Å². The lowest BCUT2D eigenvalue weighted by molar-refractivity contribution is -0.137. The SMILES string of the molecule is CCN(CC)c1ncc(CC(C)C)c(N[C@@H](Cc2ccc(-c3c(OC)ncn(C(C)C)c3=O)cc2)C(=O)O)n1. The van der Waals surface area contributed by atoms with E-state index in [2.05, 4.69) is 29.1 Å². The van der Waals surface area contributed by atoms with Crippen molar-refractivity contribution in [3.63, 3.8) is 0 Å². The standard InChI is InChI=1S/C29H40N6O4/c1-8-34(9-2)29-30-16-22(14-18(3)4)25(33-29)32-23(28(37)38)15-20-10-12-21(13-11-20)24-26(39-7)31-17-35(19(5)6)27(24)36/h10-13,16-19,23H,8-9,14-15H2,1-7H3,(H,37,38)(H,30,32,33)/t23-/m0/s1. The third kappa shape index (κ3) is 7.13. The molecule has 0 aliphatic heterocycles. The van der Waals surface area contributed by atoms with Gasteiger partial charge in [-0.3, -0.25) is 9.36 Å². The molecule has 10 nitrogen and oxygen atoms in total. The minimum absolute atomic E-state index is 0.0547. The first-order chi connectivity index (χ1) is 18.6. The Morgan fingerprint density at radius 1 is 1.08 bits per heavy atom. The molecule has 3 rings (SSSR count). The highest BCUT2D eigenvalue weighted by Gasteiger charge is 2.22. The van der Waals surface area contributed by atoms with Gasteiger partial charge in [-0.1, -0.05) is 38.1 Å². The van der Waals surface area contributed by atoms with Crippen LogP contribution in [0, 0.1) is 5.92 Å². The van der Waals surface area contributed by atoms with Gasteiger partial charge < -0.3 is 20.1 Å². The predicted molar refractivity (Wildman–Crippen MR) is 154 cm³/mol. The molecule has 0 spiro atoms. The van der Waals surface area contributed by atoms with E-state index >= 15 is 0 Å². The molecule has 0 saturated carbocycles. The third-order valence-electron chi connectivity index (χ3n) is 6.53. The van der Waals surface area contributed by atoms with E-state index in [1.807, 2.05) is 44.7 Å². The maximum absolute atomic E-state index is 13.1. The first-order valence-electron chi connectivity index (χ1n) is 13.4. The first kappa shape index (κ1) is 29.6. The average molecular weight is 537 g/mol. The normalized spacial score (nSPS) is 12.0. The van der Waals surface area contributed by atoms with Gasteiger partial charge in [0.1, 0.15) is 23.8 Å². The highest BCUT2D eigenvalue weighted by atomic mass is 16.5. The largest absolute Gasteiger partial charge is 0.480 e. The van der Waals surface area contributed by atoms with Gasteiger partial charge in [-0.2, -0.15) is 4.98 Å². The Labute approximate surface area is 230 Å². The van der Waals surface area contributed by atoms with Gasteiger partial charge in [-0.15, -0.1) is 0 Å². The minimum Gasteiger partial charge on any atom is -0.480 e. The van der Waals surface area contributed by atoms with Gasteiger partial charge in [0.05, 0.1) is 7.11 Å². The second-order valence-corrected chi connectivity index (χ2v) is 10.2. The number of aliphatic carboxylic acids is 1. The van der Waals surface area contributed by atoms with Crippen molar-refractivity contribution in [1.29, 1.82) is 0 Å². The zero-order valence-electron chi connectivity index (χ0n) is 23.9. The predicted octanol–water partition coefficient (Wildman–Crippen LogP) is 4.44. The minimum atomic E-state index is -0.980. The number of nitrogens with zero attached hydrogens (tertiary/aromatic N) is 5. The van der Waals surface area contributed by atoms with Gasteiger partial charge >= 0.3 is 5.97 Å². The number of hydrogen-bond donors (Lipinski definition) is 2. The fourth-order valence-corrected chi connectivity index (χ4v) is 4.40. The number of carboxylic acids is 1. The number of benzene rings is 1. The summed E-state index contributed by atoms with van der Waals surface area (Å²) in [5, 5.41) is 13.3. The molecule has 39 heavy (non-hydrogen) atoms. The van der Waals surface area contributed by atoms with Gasteiger partial charge in [0, 0.05) is 37.3 Å². The Morgan fingerprint density at radius 2 is 1.74 bits per heavy atom. The Hall–Kier alpha value is -3.95. The number of carboxylic acid groups (broad SMARTS) is 1. The van der Waals surface area contributed by atoms with Crippen LogP contribution in [-0.4, -0.2) is 56.8 Å². The third-order valence-corrected chi connectivity index (χ3v) is 6.53. The summed E-state index contributed by atoms with van der Waals surface area (Å²) in [4.78, 5) is 41.0. The molecule has 0 aliphatic rings. The fourth-order valence-electron chi connectivity index (χ4n) is 4.40. The zero-order chi connectivity index (χ0) is 28.7. The average Bonchev–Trinajstić information content (AvgIpc) is 2.90. The van der Waals surface area contributed by atoms with Crippen LogP contribution in [-0.2, 0) is 17.6 Å². The van der Waals surface area contributed by atoms with Crippen molar-refractivity contribution < 1.29 is 14.6 Å². The lowest BCUT2D eigenvalue weighted by Gasteiger charge is -2.23. The smallest absolute Gasteiger partial charge is 0.326 e. The summed E-state index contributed by atoms with van der Waals surface area (Å²) in [6, 6.07) is 6.29. The van der Waals surface area contributed by atoms with Gasteiger partial charge in [-0.25, -0.2) is 14.8 Å². The number of rotatable bonds is 13. The number of nitrogens with one attached hydrogen (secondary N) is 1. The summed E-state index contributed by atoms with van der Waals surface area (Å²) in [5.74, 6) is 0.737. The summed E-state index contributed by atoms with van der Waals surface area (Å²) in [7, 11) is 1.48. The van der Waals surface area contributed by atoms with Crippen LogP contribution in [0.4, 0.5) is 11.8 Å². The molecule has 2 heterocycles. The van der Waals surface area contributed by atoms with Crippen LogP contribution < -0.4 is 20.5 Å². The molecular weight excluding hydrogens is 496 g/mol. The number of hydrogen-bond acceptors (Lipinski definition) is 8. The van der Waals surface area contributed by atoms with Crippen LogP contribution >= 0.6 is 0 Å². The van der Waals surface area contributed by atoms with Crippen LogP contribution in [0.15, 0.2) is 41.6 Å². The zero-order valence-corrected chi connectivity index (χ0v) is 23.9. The monoisotopic (exact) mass is 536 g/mol. The molecule has 0 fully saturated rings. The number of aromatic nitrogens is 4. The van der Waals surface area contributed by atoms with E-state index in [4.69, 9.17) is 9.72 Å². The second kappa shape index (κ2) is 13.2. The van der Waals surface area contributed by atoms with Crippen molar-refractivity contribution in [3.05, 3.63) is 58.3 Å². The molecular formula is C29H40N6O4. The molecule has 0 saturated heterocycles. The lowest BCUT2D eigenvalue weighted by atomic mass is 10.0. The second-order valence-electron chi connectivity index (χ2n) is 10.2. The van der Waals surface area contributed by atoms with Crippen molar-refractivity contribution in [2.75, 3.05) is 30.4 Å². The van der Waals surface area contributed by atoms with Crippen LogP contribution in [0.2, 0.25) is 0 Å². The van der Waals surface area contributed by atoms with E-state index in [1.165, 1.54) is 13.4 Å². The van der Waals surface area contributed by atoms with Crippen LogP contribution in [0.25, 0.3) is 11.1 Å². The summed E-state index contributed by atoms with van der Waals surface area (Å²) in [6.45, 7) is 13.6.